The first-order valence-corrected chi connectivity index (χ1v) is 4.64. The van der Waals surface area contributed by atoms with Gasteiger partial charge in [0.25, 0.3) is 0 Å². The molecule has 3 nitrogen and oxygen atoms in total. The Kier molecular flexibility index (Phi) is 1.77. The van der Waals surface area contributed by atoms with E-state index in [2.05, 4.69) is 0 Å². The van der Waals surface area contributed by atoms with E-state index < -0.39 is 0 Å². The molecule has 1 aromatic heterocycles. The fraction of sp³-hybridized carbons (Fsp3) is 0.111. The topological polar surface area (TPSA) is 55.5 Å². The van der Waals surface area contributed by atoms with Crippen molar-refractivity contribution in [3.63, 3.8) is 0 Å². The summed E-state index contributed by atoms with van der Waals surface area (Å²) in [6, 6.07) is 3.46. The van der Waals surface area contributed by atoms with Crippen molar-refractivity contribution >= 4 is 27.1 Å². The monoisotopic (exact) mass is 195 g/mol. The van der Waals surface area contributed by atoms with Gasteiger partial charge in [-0.3, -0.25) is 0 Å². The average Bonchev–Trinajstić information content (AvgIpc) is 2.60. The third kappa shape index (κ3) is 1.10. The van der Waals surface area contributed by atoms with Crippen LogP contribution in [0.4, 0.5) is 5.69 Å². The van der Waals surface area contributed by atoms with Crippen molar-refractivity contribution in [1.82, 2.24) is 0 Å². The molecule has 0 atom stereocenters. The normalized spacial score (nSPS) is 10.5. The van der Waals surface area contributed by atoms with Gasteiger partial charge in [0.2, 0.25) is 0 Å². The Balaban J connectivity index is 2.85. The molecule has 0 radical (unpaired) electrons. The van der Waals surface area contributed by atoms with Gasteiger partial charge in [0, 0.05) is 11.5 Å². The summed E-state index contributed by atoms with van der Waals surface area (Å²) in [6.45, 7) is 0. The Labute approximate surface area is 79.4 Å². The molecule has 2 aromatic rings. The van der Waals surface area contributed by atoms with Crippen molar-refractivity contribution in [1.29, 1.82) is 0 Å². The molecule has 0 aliphatic heterocycles. The second kappa shape index (κ2) is 2.81. The summed E-state index contributed by atoms with van der Waals surface area (Å²) in [5.74, 6) is 0.580. The van der Waals surface area contributed by atoms with Gasteiger partial charge in [0.05, 0.1) is 17.5 Å². The molecule has 0 saturated carbocycles. The number of methoxy groups -OCH3 is 1. The van der Waals surface area contributed by atoms with Crippen LogP contribution in [0.3, 0.4) is 0 Å². The highest BCUT2D eigenvalue weighted by Gasteiger charge is 2.10. The third-order valence-electron chi connectivity index (χ3n) is 1.92. The standard InChI is InChI=1S/C9H9NO2S/c1-12-7-4-6(10)9-5(8(7)11)2-3-13-9/h2-4,11H,10H2,1H3. The zero-order chi connectivity index (χ0) is 9.42. The summed E-state index contributed by atoms with van der Waals surface area (Å²) in [6.07, 6.45) is 0. The van der Waals surface area contributed by atoms with Gasteiger partial charge in [0.1, 0.15) is 0 Å². The van der Waals surface area contributed by atoms with Gasteiger partial charge >= 0.3 is 0 Å². The Morgan fingerprint density at radius 1 is 1.54 bits per heavy atom. The lowest BCUT2D eigenvalue weighted by Gasteiger charge is -2.05. The number of phenols is 1. The summed E-state index contributed by atoms with van der Waals surface area (Å²) in [4.78, 5) is 0. The van der Waals surface area contributed by atoms with Crippen molar-refractivity contribution < 1.29 is 9.84 Å². The van der Waals surface area contributed by atoms with Crippen molar-refractivity contribution in [2.45, 2.75) is 0 Å². The second-order valence-corrected chi connectivity index (χ2v) is 3.60. The van der Waals surface area contributed by atoms with E-state index in [1.807, 2.05) is 11.4 Å². The predicted octanol–water partition coefficient (Wildman–Crippen LogP) is 2.20. The molecule has 0 amide bonds. The fourth-order valence-corrected chi connectivity index (χ4v) is 2.11. The fourth-order valence-electron chi connectivity index (χ4n) is 1.28. The first-order chi connectivity index (χ1) is 6.24. The van der Waals surface area contributed by atoms with Gasteiger partial charge in [-0.05, 0) is 11.4 Å². The quantitative estimate of drug-likeness (QED) is 0.541. The maximum absolute atomic E-state index is 9.69. The van der Waals surface area contributed by atoms with E-state index in [0.29, 0.717) is 11.4 Å². The van der Waals surface area contributed by atoms with Crippen LogP contribution >= 0.6 is 11.3 Å². The predicted molar refractivity (Wildman–Crippen MR) is 54.5 cm³/mol. The third-order valence-corrected chi connectivity index (χ3v) is 2.89. The lowest BCUT2D eigenvalue weighted by atomic mass is 10.2. The number of fused-ring (bicyclic) bond motifs is 1. The second-order valence-electron chi connectivity index (χ2n) is 2.68. The minimum atomic E-state index is 0.160. The molecule has 0 aliphatic carbocycles. The molecular formula is C9H9NO2S. The zero-order valence-corrected chi connectivity index (χ0v) is 7.89. The maximum Gasteiger partial charge on any atom is 0.166 e. The van der Waals surface area contributed by atoms with Gasteiger partial charge < -0.3 is 15.6 Å². The zero-order valence-electron chi connectivity index (χ0n) is 7.07. The van der Waals surface area contributed by atoms with E-state index in [4.69, 9.17) is 10.5 Å². The minimum absolute atomic E-state index is 0.160. The summed E-state index contributed by atoms with van der Waals surface area (Å²) < 4.78 is 5.88. The highest BCUT2D eigenvalue weighted by molar-refractivity contribution is 7.17. The number of benzene rings is 1. The first kappa shape index (κ1) is 8.19. The molecule has 0 saturated heterocycles. The average molecular weight is 195 g/mol. The molecule has 13 heavy (non-hydrogen) atoms. The van der Waals surface area contributed by atoms with Crippen LogP contribution in [0.2, 0.25) is 0 Å². The van der Waals surface area contributed by atoms with E-state index in [-0.39, 0.29) is 5.75 Å². The molecule has 0 unspecified atom stereocenters. The number of nitrogens with two attached hydrogens (primary N) is 1. The molecule has 0 aliphatic rings. The van der Waals surface area contributed by atoms with Gasteiger partial charge in [-0.2, -0.15) is 0 Å². The van der Waals surface area contributed by atoms with Crippen LogP contribution in [-0.2, 0) is 0 Å². The summed E-state index contributed by atoms with van der Waals surface area (Å²) in [5.41, 5.74) is 6.40. The van der Waals surface area contributed by atoms with Gasteiger partial charge in [-0.25, -0.2) is 0 Å². The Morgan fingerprint density at radius 2 is 2.31 bits per heavy atom. The number of aromatic hydroxyl groups is 1. The van der Waals surface area contributed by atoms with Crippen molar-refractivity contribution in [3.8, 4) is 11.5 Å². The molecule has 1 aromatic carbocycles. The molecule has 1 heterocycles. The number of thiophene rings is 1. The van der Waals surface area contributed by atoms with E-state index in [1.54, 1.807) is 6.07 Å². The van der Waals surface area contributed by atoms with Crippen molar-refractivity contribution in [2.24, 2.45) is 0 Å². The van der Waals surface area contributed by atoms with Gasteiger partial charge in [-0.1, -0.05) is 0 Å². The minimum Gasteiger partial charge on any atom is -0.504 e. The number of hydrogen-bond donors (Lipinski definition) is 2. The molecule has 3 N–H and O–H groups in total. The number of phenolic OH excluding ortho intramolecular Hbond substituents is 1. The Morgan fingerprint density at radius 3 is 3.00 bits per heavy atom. The maximum atomic E-state index is 9.69. The van der Waals surface area contributed by atoms with E-state index >= 15 is 0 Å². The summed E-state index contributed by atoms with van der Waals surface area (Å²) >= 11 is 1.51. The summed E-state index contributed by atoms with van der Waals surface area (Å²) in [5, 5.41) is 12.3. The van der Waals surface area contributed by atoms with E-state index in [0.717, 1.165) is 10.1 Å². The highest BCUT2D eigenvalue weighted by atomic mass is 32.1. The number of ether oxygens (including phenoxy) is 1. The van der Waals surface area contributed by atoms with Crippen LogP contribution in [0.5, 0.6) is 11.5 Å². The molecule has 68 valence electrons. The number of anilines is 1. The Bertz CT molecular complexity index is 450. The van der Waals surface area contributed by atoms with Gasteiger partial charge in [-0.15, -0.1) is 11.3 Å². The molecular weight excluding hydrogens is 186 g/mol. The lowest BCUT2D eigenvalue weighted by molar-refractivity contribution is 0.377. The Hall–Kier alpha value is -1.42. The largest absolute Gasteiger partial charge is 0.504 e. The highest BCUT2D eigenvalue weighted by Crippen LogP contribution is 2.40. The number of hydrogen-bond acceptors (Lipinski definition) is 4. The molecule has 4 heteroatoms. The van der Waals surface area contributed by atoms with Crippen LogP contribution in [0, 0.1) is 0 Å². The molecule has 0 spiro atoms. The smallest absolute Gasteiger partial charge is 0.166 e. The lowest BCUT2D eigenvalue weighted by Crippen LogP contribution is -1.89. The SMILES string of the molecule is COc1cc(N)c2sccc2c1O. The van der Waals surface area contributed by atoms with Crippen LogP contribution in [0.25, 0.3) is 10.1 Å². The van der Waals surface area contributed by atoms with Gasteiger partial charge in [0.15, 0.2) is 11.5 Å². The van der Waals surface area contributed by atoms with Crippen LogP contribution < -0.4 is 10.5 Å². The van der Waals surface area contributed by atoms with Crippen molar-refractivity contribution in [3.05, 3.63) is 17.5 Å². The van der Waals surface area contributed by atoms with Crippen molar-refractivity contribution in [2.75, 3.05) is 12.8 Å². The van der Waals surface area contributed by atoms with Crippen LogP contribution in [0.1, 0.15) is 0 Å². The van der Waals surface area contributed by atoms with E-state index in [9.17, 15) is 5.11 Å². The molecule has 0 bridgehead atoms. The molecule has 0 fully saturated rings. The summed E-state index contributed by atoms with van der Waals surface area (Å²) in [7, 11) is 1.51. The number of nitrogen functional groups attached to an aromatic ring is 1. The molecule has 2 rings (SSSR count). The first-order valence-electron chi connectivity index (χ1n) is 3.76. The number of rotatable bonds is 1. The van der Waals surface area contributed by atoms with Crippen LogP contribution in [-0.4, -0.2) is 12.2 Å². The van der Waals surface area contributed by atoms with E-state index in [1.165, 1.54) is 18.4 Å². The van der Waals surface area contributed by atoms with Crippen LogP contribution in [0.15, 0.2) is 17.5 Å².